The van der Waals surface area contributed by atoms with Crippen LogP contribution in [0.3, 0.4) is 0 Å². The standard InChI is InChI=1S/C14H20FN3O/c15-11-4-3-5-12(10-11)17-14(19)18(9-8-16)13-6-1-2-7-13/h3-5,10,13H,1-2,6-9,16H2,(H,17,19). The van der Waals surface area contributed by atoms with Crippen molar-refractivity contribution in [2.24, 2.45) is 5.73 Å². The molecule has 0 aliphatic heterocycles. The number of nitrogens with two attached hydrogens (primary N) is 1. The summed E-state index contributed by atoms with van der Waals surface area (Å²) in [5.41, 5.74) is 6.05. The predicted molar refractivity (Wildman–Crippen MR) is 73.4 cm³/mol. The molecule has 5 heteroatoms. The van der Waals surface area contributed by atoms with Crippen molar-refractivity contribution in [3.8, 4) is 0 Å². The lowest BCUT2D eigenvalue weighted by molar-refractivity contribution is 0.190. The fourth-order valence-electron chi connectivity index (χ4n) is 2.57. The highest BCUT2D eigenvalue weighted by atomic mass is 19.1. The minimum absolute atomic E-state index is 0.192. The van der Waals surface area contributed by atoms with Crippen LogP contribution in [0.25, 0.3) is 0 Å². The average Bonchev–Trinajstić information content (AvgIpc) is 2.89. The molecule has 3 N–H and O–H groups in total. The molecular weight excluding hydrogens is 245 g/mol. The SMILES string of the molecule is NCCN(C(=O)Nc1cccc(F)c1)C1CCCC1. The molecule has 104 valence electrons. The van der Waals surface area contributed by atoms with Gasteiger partial charge in [0.05, 0.1) is 0 Å². The summed E-state index contributed by atoms with van der Waals surface area (Å²) in [6, 6.07) is 5.99. The largest absolute Gasteiger partial charge is 0.329 e. The molecule has 1 aromatic rings. The molecule has 0 aromatic heterocycles. The maximum absolute atomic E-state index is 13.1. The Morgan fingerprint density at radius 3 is 2.79 bits per heavy atom. The van der Waals surface area contributed by atoms with Gasteiger partial charge in [0.25, 0.3) is 0 Å². The summed E-state index contributed by atoms with van der Waals surface area (Å²) in [5, 5.41) is 2.74. The quantitative estimate of drug-likeness (QED) is 0.879. The number of urea groups is 1. The second kappa shape index (κ2) is 6.52. The molecule has 1 aliphatic rings. The topological polar surface area (TPSA) is 58.4 Å². The van der Waals surface area contributed by atoms with Crippen molar-refractivity contribution in [3.63, 3.8) is 0 Å². The molecule has 1 aromatic carbocycles. The van der Waals surface area contributed by atoms with Gasteiger partial charge in [0.15, 0.2) is 0 Å². The minimum atomic E-state index is -0.357. The molecule has 19 heavy (non-hydrogen) atoms. The summed E-state index contributed by atoms with van der Waals surface area (Å²) in [6.45, 7) is 0.971. The number of carbonyl (C=O) groups is 1. The van der Waals surface area contributed by atoms with Gasteiger partial charge in [-0.15, -0.1) is 0 Å². The van der Waals surface area contributed by atoms with E-state index in [0.717, 1.165) is 25.7 Å². The van der Waals surface area contributed by atoms with E-state index in [9.17, 15) is 9.18 Å². The summed E-state index contributed by atoms with van der Waals surface area (Å²) in [6.07, 6.45) is 4.35. The molecule has 2 amide bonds. The second-order valence-electron chi connectivity index (χ2n) is 4.86. The van der Waals surface area contributed by atoms with Gasteiger partial charge in [-0.05, 0) is 31.0 Å². The van der Waals surface area contributed by atoms with Gasteiger partial charge in [0, 0.05) is 24.8 Å². The minimum Gasteiger partial charge on any atom is -0.329 e. The Balaban J connectivity index is 2.02. The molecule has 0 bridgehead atoms. The van der Waals surface area contributed by atoms with E-state index in [1.165, 1.54) is 12.1 Å². The van der Waals surface area contributed by atoms with Crippen LogP contribution >= 0.6 is 0 Å². The zero-order chi connectivity index (χ0) is 13.7. The molecule has 1 aliphatic carbocycles. The molecule has 2 rings (SSSR count). The molecule has 0 unspecified atom stereocenters. The number of amides is 2. The number of anilines is 1. The van der Waals surface area contributed by atoms with E-state index in [2.05, 4.69) is 5.32 Å². The molecule has 0 saturated heterocycles. The number of nitrogens with one attached hydrogen (secondary N) is 1. The van der Waals surface area contributed by atoms with E-state index >= 15 is 0 Å². The Morgan fingerprint density at radius 2 is 2.16 bits per heavy atom. The van der Waals surface area contributed by atoms with E-state index < -0.39 is 0 Å². The van der Waals surface area contributed by atoms with Crippen molar-refractivity contribution in [2.45, 2.75) is 31.7 Å². The van der Waals surface area contributed by atoms with Gasteiger partial charge in [-0.3, -0.25) is 0 Å². The van der Waals surface area contributed by atoms with Crippen LogP contribution in [0.5, 0.6) is 0 Å². The fraction of sp³-hybridized carbons (Fsp3) is 0.500. The van der Waals surface area contributed by atoms with Crippen LogP contribution in [-0.4, -0.2) is 30.1 Å². The highest BCUT2D eigenvalue weighted by Gasteiger charge is 2.26. The Labute approximate surface area is 112 Å². The van der Waals surface area contributed by atoms with Crippen molar-refractivity contribution < 1.29 is 9.18 Å². The lowest BCUT2D eigenvalue weighted by Gasteiger charge is -2.28. The van der Waals surface area contributed by atoms with Crippen LogP contribution in [0.1, 0.15) is 25.7 Å². The highest BCUT2D eigenvalue weighted by molar-refractivity contribution is 5.89. The number of hydrogen-bond acceptors (Lipinski definition) is 2. The molecule has 1 saturated carbocycles. The van der Waals surface area contributed by atoms with Crippen molar-refractivity contribution in [1.82, 2.24) is 4.90 Å². The Hall–Kier alpha value is -1.62. The summed E-state index contributed by atoms with van der Waals surface area (Å²) < 4.78 is 13.1. The van der Waals surface area contributed by atoms with Gasteiger partial charge in [-0.25, -0.2) is 9.18 Å². The summed E-state index contributed by atoms with van der Waals surface area (Å²) in [7, 11) is 0. The first kappa shape index (κ1) is 13.8. The van der Waals surface area contributed by atoms with Crippen LogP contribution < -0.4 is 11.1 Å². The lowest BCUT2D eigenvalue weighted by atomic mass is 10.2. The molecular formula is C14H20FN3O. The Bertz CT molecular complexity index is 432. The first-order valence-electron chi connectivity index (χ1n) is 6.74. The monoisotopic (exact) mass is 265 g/mol. The summed E-state index contributed by atoms with van der Waals surface area (Å²) in [5.74, 6) is -0.357. The van der Waals surface area contributed by atoms with E-state index in [1.54, 1.807) is 17.0 Å². The van der Waals surface area contributed by atoms with Crippen molar-refractivity contribution in [2.75, 3.05) is 18.4 Å². The maximum atomic E-state index is 13.1. The van der Waals surface area contributed by atoms with Gasteiger partial charge in [-0.2, -0.15) is 0 Å². The highest BCUT2D eigenvalue weighted by Crippen LogP contribution is 2.24. The first-order chi connectivity index (χ1) is 9.20. The number of carbonyl (C=O) groups excluding carboxylic acids is 1. The fourth-order valence-corrected chi connectivity index (χ4v) is 2.57. The molecule has 4 nitrogen and oxygen atoms in total. The van der Waals surface area contributed by atoms with Gasteiger partial charge in [-0.1, -0.05) is 18.9 Å². The Kier molecular flexibility index (Phi) is 4.74. The third-order valence-electron chi connectivity index (χ3n) is 3.47. The van der Waals surface area contributed by atoms with Crippen molar-refractivity contribution in [1.29, 1.82) is 0 Å². The zero-order valence-electron chi connectivity index (χ0n) is 10.9. The number of nitrogens with zero attached hydrogens (tertiary/aromatic N) is 1. The van der Waals surface area contributed by atoms with Crippen LogP contribution in [-0.2, 0) is 0 Å². The van der Waals surface area contributed by atoms with Crippen LogP contribution in [0, 0.1) is 5.82 Å². The molecule has 0 heterocycles. The molecule has 1 fully saturated rings. The first-order valence-corrected chi connectivity index (χ1v) is 6.74. The third-order valence-corrected chi connectivity index (χ3v) is 3.47. The lowest BCUT2D eigenvalue weighted by Crippen LogP contribution is -2.44. The third kappa shape index (κ3) is 3.67. The van der Waals surface area contributed by atoms with E-state index in [-0.39, 0.29) is 17.9 Å². The van der Waals surface area contributed by atoms with E-state index in [0.29, 0.717) is 18.8 Å². The maximum Gasteiger partial charge on any atom is 0.322 e. The Morgan fingerprint density at radius 1 is 1.42 bits per heavy atom. The van der Waals surface area contributed by atoms with Gasteiger partial charge < -0.3 is 16.0 Å². The van der Waals surface area contributed by atoms with E-state index in [1.807, 2.05) is 0 Å². The van der Waals surface area contributed by atoms with Crippen molar-refractivity contribution in [3.05, 3.63) is 30.1 Å². The molecule has 0 spiro atoms. The van der Waals surface area contributed by atoms with E-state index in [4.69, 9.17) is 5.73 Å². The van der Waals surface area contributed by atoms with Crippen molar-refractivity contribution >= 4 is 11.7 Å². The number of hydrogen-bond donors (Lipinski definition) is 2. The van der Waals surface area contributed by atoms with Gasteiger partial charge >= 0.3 is 6.03 Å². The van der Waals surface area contributed by atoms with Crippen LogP contribution in [0.15, 0.2) is 24.3 Å². The number of rotatable bonds is 4. The summed E-state index contributed by atoms with van der Waals surface area (Å²) >= 11 is 0. The number of benzene rings is 1. The number of halogens is 1. The zero-order valence-corrected chi connectivity index (χ0v) is 10.9. The molecule has 0 radical (unpaired) electrons. The van der Waals surface area contributed by atoms with Crippen LogP contribution in [0.2, 0.25) is 0 Å². The van der Waals surface area contributed by atoms with Crippen LogP contribution in [0.4, 0.5) is 14.9 Å². The molecule has 0 atom stereocenters. The predicted octanol–water partition coefficient (Wildman–Crippen LogP) is 2.56. The van der Waals surface area contributed by atoms with Gasteiger partial charge in [0.1, 0.15) is 5.82 Å². The average molecular weight is 265 g/mol. The second-order valence-corrected chi connectivity index (χ2v) is 4.86. The summed E-state index contributed by atoms with van der Waals surface area (Å²) in [4.78, 5) is 14.0. The van der Waals surface area contributed by atoms with Gasteiger partial charge in [0.2, 0.25) is 0 Å². The smallest absolute Gasteiger partial charge is 0.322 e. The normalized spacial score (nSPS) is 15.5.